The van der Waals surface area contributed by atoms with Crippen LogP contribution in [0, 0.1) is 5.92 Å². The van der Waals surface area contributed by atoms with Crippen LogP contribution in [0.25, 0.3) is 0 Å². The van der Waals surface area contributed by atoms with Crippen molar-refractivity contribution in [1.29, 1.82) is 0 Å². The molecule has 0 aliphatic carbocycles. The molecule has 0 saturated heterocycles. The Morgan fingerprint density at radius 3 is 2.65 bits per heavy atom. The van der Waals surface area contributed by atoms with Gasteiger partial charge in [0.2, 0.25) is 0 Å². The summed E-state index contributed by atoms with van der Waals surface area (Å²) in [6, 6.07) is 7.12. The van der Waals surface area contributed by atoms with Crippen LogP contribution in [0.1, 0.15) is 25.8 Å². The van der Waals surface area contributed by atoms with E-state index in [4.69, 9.17) is 5.11 Å². The van der Waals surface area contributed by atoms with Gasteiger partial charge in [-0.1, -0.05) is 26.0 Å². The second-order valence-corrected chi connectivity index (χ2v) is 5.30. The van der Waals surface area contributed by atoms with Crippen molar-refractivity contribution in [1.82, 2.24) is 4.90 Å². The molecular weight excluding hydrogens is 256 g/mol. The van der Waals surface area contributed by atoms with Crippen molar-refractivity contribution in [2.24, 2.45) is 5.92 Å². The van der Waals surface area contributed by atoms with Gasteiger partial charge in [-0.05, 0) is 30.0 Å². The van der Waals surface area contributed by atoms with Crippen LogP contribution in [0.5, 0.6) is 0 Å². The third-order valence-electron chi connectivity index (χ3n) is 2.79. The fourth-order valence-electron chi connectivity index (χ4n) is 1.91. The van der Waals surface area contributed by atoms with Gasteiger partial charge in [-0.2, -0.15) is 0 Å². The third kappa shape index (κ3) is 5.73. The Bertz CT molecular complexity index is 472. The van der Waals surface area contributed by atoms with Crippen molar-refractivity contribution < 1.29 is 14.7 Å². The number of anilines is 1. The molecule has 0 bridgehead atoms. The maximum Gasteiger partial charge on any atom is 0.321 e. The van der Waals surface area contributed by atoms with Crippen molar-refractivity contribution in [3.05, 3.63) is 29.8 Å². The summed E-state index contributed by atoms with van der Waals surface area (Å²) in [6.07, 6.45) is 0.547. The van der Waals surface area contributed by atoms with Crippen LogP contribution in [0.2, 0.25) is 0 Å². The number of amides is 2. The standard InChI is InChI=1S/C15H22N2O3/c1-11(2)10-17(3)15(20)16-13-6-4-5-12(9-13)7-8-14(18)19/h4-6,9,11H,7-8,10H2,1-3H3,(H,16,20)(H,18,19). The van der Waals surface area contributed by atoms with Gasteiger partial charge < -0.3 is 15.3 Å². The first-order valence-corrected chi connectivity index (χ1v) is 6.71. The van der Waals surface area contributed by atoms with Crippen molar-refractivity contribution in [2.75, 3.05) is 18.9 Å². The van der Waals surface area contributed by atoms with E-state index in [1.165, 1.54) is 0 Å². The number of hydrogen-bond acceptors (Lipinski definition) is 2. The fourth-order valence-corrected chi connectivity index (χ4v) is 1.91. The predicted molar refractivity (Wildman–Crippen MR) is 78.9 cm³/mol. The summed E-state index contributed by atoms with van der Waals surface area (Å²) >= 11 is 0. The van der Waals surface area contributed by atoms with Crippen LogP contribution in [0.3, 0.4) is 0 Å². The van der Waals surface area contributed by atoms with Crippen molar-refractivity contribution in [3.63, 3.8) is 0 Å². The summed E-state index contributed by atoms with van der Waals surface area (Å²) < 4.78 is 0. The van der Waals surface area contributed by atoms with Crippen molar-refractivity contribution in [3.8, 4) is 0 Å². The normalized spacial score (nSPS) is 10.4. The first-order valence-electron chi connectivity index (χ1n) is 6.71. The number of urea groups is 1. The lowest BCUT2D eigenvalue weighted by Gasteiger charge is -2.20. The largest absolute Gasteiger partial charge is 0.481 e. The van der Waals surface area contributed by atoms with Gasteiger partial charge in [0.25, 0.3) is 0 Å². The predicted octanol–water partition coefficient (Wildman–Crippen LogP) is 2.82. The summed E-state index contributed by atoms with van der Waals surface area (Å²) in [6.45, 7) is 4.79. The average Bonchev–Trinajstić information content (AvgIpc) is 2.36. The molecule has 0 aromatic heterocycles. The Balaban J connectivity index is 2.61. The van der Waals surface area contributed by atoms with E-state index >= 15 is 0 Å². The van der Waals surface area contributed by atoms with Gasteiger partial charge in [-0.25, -0.2) is 4.79 Å². The fraction of sp³-hybridized carbons (Fsp3) is 0.467. The molecule has 0 fully saturated rings. The van der Waals surface area contributed by atoms with E-state index in [-0.39, 0.29) is 12.5 Å². The third-order valence-corrected chi connectivity index (χ3v) is 2.79. The second-order valence-electron chi connectivity index (χ2n) is 5.30. The maximum absolute atomic E-state index is 11.9. The molecular formula is C15H22N2O3. The van der Waals surface area contributed by atoms with E-state index < -0.39 is 5.97 Å². The summed E-state index contributed by atoms with van der Waals surface area (Å²) in [4.78, 5) is 24.1. The molecule has 1 rings (SSSR count). The summed E-state index contributed by atoms with van der Waals surface area (Å²) in [5.41, 5.74) is 1.59. The molecule has 0 heterocycles. The molecule has 5 heteroatoms. The molecule has 1 aromatic carbocycles. The second kappa shape index (κ2) is 7.53. The number of aryl methyl sites for hydroxylation is 1. The van der Waals surface area contributed by atoms with Gasteiger partial charge in [0.1, 0.15) is 0 Å². The highest BCUT2D eigenvalue weighted by Gasteiger charge is 2.10. The van der Waals surface area contributed by atoms with Crippen molar-refractivity contribution in [2.45, 2.75) is 26.7 Å². The first kappa shape index (κ1) is 16.0. The highest BCUT2D eigenvalue weighted by atomic mass is 16.4. The van der Waals surface area contributed by atoms with Gasteiger partial charge in [0, 0.05) is 25.7 Å². The van der Waals surface area contributed by atoms with E-state index in [1.807, 2.05) is 18.2 Å². The van der Waals surface area contributed by atoms with Crippen LogP contribution in [-0.2, 0) is 11.2 Å². The number of carboxylic acids is 1. The van der Waals surface area contributed by atoms with Crippen LogP contribution in [0.4, 0.5) is 10.5 Å². The summed E-state index contributed by atoms with van der Waals surface area (Å²) in [5.74, 6) is -0.413. The van der Waals surface area contributed by atoms with Crippen LogP contribution in [-0.4, -0.2) is 35.6 Å². The van der Waals surface area contributed by atoms with Gasteiger partial charge in [-0.15, -0.1) is 0 Å². The van der Waals surface area contributed by atoms with Gasteiger partial charge in [0.15, 0.2) is 0 Å². The van der Waals surface area contributed by atoms with Crippen LogP contribution in [0.15, 0.2) is 24.3 Å². The molecule has 0 spiro atoms. The van der Waals surface area contributed by atoms with Gasteiger partial charge >= 0.3 is 12.0 Å². The highest BCUT2D eigenvalue weighted by Crippen LogP contribution is 2.13. The molecule has 0 radical (unpaired) electrons. The zero-order chi connectivity index (χ0) is 15.1. The molecule has 20 heavy (non-hydrogen) atoms. The lowest BCUT2D eigenvalue weighted by Crippen LogP contribution is -2.34. The number of nitrogens with zero attached hydrogens (tertiary/aromatic N) is 1. The average molecular weight is 278 g/mol. The number of aliphatic carboxylic acids is 1. The number of hydrogen-bond donors (Lipinski definition) is 2. The quantitative estimate of drug-likeness (QED) is 0.840. The first-order chi connectivity index (χ1) is 9.38. The smallest absolute Gasteiger partial charge is 0.321 e. The minimum absolute atomic E-state index is 0.0879. The lowest BCUT2D eigenvalue weighted by atomic mass is 10.1. The molecule has 0 saturated carbocycles. The minimum Gasteiger partial charge on any atom is -0.481 e. The zero-order valence-electron chi connectivity index (χ0n) is 12.2. The number of carbonyl (C=O) groups is 2. The maximum atomic E-state index is 11.9. The highest BCUT2D eigenvalue weighted by molar-refractivity contribution is 5.89. The Kier molecular flexibility index (Phi) is 6.03. The van der Waals surface area contributed by atoms with Crippen LogP contribution < -0.4 is 5.32 Å². The Morgan fingerprint density at radius 2 is 2.05 bits per heavy atom. The molecule has 2 N–H and O–H groups in total. The summed E-state index contributed by atoms with van der Waals surface area (Å²) in [7, 11) is 1.75. The molecule has 0 aliphatic heterocycles. The summed E-state index contributed by atoms with van der Waals surface area (Å²) in [5, 5.41) is 11.5. The molecule has 0 atom stereocenters. The molecule has 110 valence electrons. The Morgan fingerprint density at radius 1 is 1.35 bits per heavy atom. The monoisotopic (exact) mass is 278 g/mol. The number of carboxylic acid groups (broad SMARTS) is 1. The van der Waals surface area contributed by atoms with E-state index in [2.05, 4.69) is 19.2 Å². The number of benzene rings is 1. The molecule has 5 nitrogen and oxygen atoms in total. The topological polar surface area (TPSA) is 69.6 Å². The van der Waals surface area contributed by atoms with E-state index in [0.717, 1.165) is 5.56 Å². The lowest BCUT2D eigenvalue weighted by molar-refractivity contribution is -0.136. The van der Waals surface area contributed by atoms with E-state index in [0.29, 0.717) is 24.6 Å². The number of carbonyl (C=O) groups excluding carboxylic acids is 1. The van der Waals surface area contributed by atoms with Gasteiger partial charge in [0.05, 0.1) is 0 Å². The number of rotatable bonds is 6. The Hall–Kier alpha value is -2.04. The minimum atomic E-state index is -0.823. The van der Waals surface area contributed by atoms with Crippen LogP contribution >= 0.6 is 0 Å². The number of nitrogens with one attached hydrogen (secondary N) is 1. The molecule has 1 aromatic rings. The van der Waals surface area contributed by atoms with E-state index in [9.17, 15) is 9.59 Å². The zero-order valence-corrected chi connectivity index (χ0v) is 12.2. The van der Waals surface area contributed by atoms with E-state index in [1.54, 1.807) is 18.0 Å². The SMILES string of the molecule is CC(C)CN(C)C(=O)Nc1cccc(CCC(=O)O)c1. The Labute approximate surface area is 119 Å². The molecule has 0 unspecified atom stereocenters. The molecule has 0 aliphatic rings. The van der Waals surface area contributed by atoms with Gasteiger partial charge in [-0.3, -0.25) is 4.79 Å². The van der Waals surface area contributed by atoms with Crippen molar-refractivity contribution >= 4 is 17.7 Å². The molecule has 2 amide bonds.